The average molecular weight is 366 g/mol. The van der Waals surface area contributed by atoms with Gasteiger partial charge in [-0.25, -0.2) is 0 Å². The summed E-state index contributed by atoms with van der Waals surface area (Å²) in [6, 6.07) is 13.1. The van der Waals surface area contributed by atoms with Gasteiger partial charge in [-0.2, -0.15) is 0 Å². The summed E-state index contributed by atoms with van der Waals surface area (Å²) in [6.07, 6.45) is 5.24. The molecule has 27 heavy (non-hydrogen) atoms. The van der Waals surface area contributed by atoms with Crippen LogP contribution < -0.4 is 0 Å². The molecule has 2 saturated heterocycles. The molecule has 0 saturated carbocycles. The van der Waals surface area contributed by atoms with Crippen molar-refractivity contribution in [3.8, 4) is 0 Å². The molecule has 0 spiro atoms. The van der Waals surface area contributed by atoms with Crippen molar-refractivity contribution in [1.82, 2.24) is 9.88 Å². The van der Waals surface area contributed by atoms with Gasteiger partial charge in [0.05, 0.1) is 37.9 Å². The molecule has 3 aliphatic heterocycles. The van der Waals surface area contributed by atoms with Gasteiger partial charge in [0.1, 0.15) is 6.23 Å². The molecule has 1 aromatic carbocycles. The highest BCUT2D eigenvalue weighted by Gasteiger charge is 2.56. The zero-order valence-corrected chi connectivity index (χ0v) is 15.7. The Morgan fingerprint density at radius 1 is 1.19 bits per heavy atom. The summed E-state index contributed by atoms with van der Waals surface area (Å²) in [5, 5.41) is 0. The molecule has 5 nitrogen and oxygen atoms in total. The minimum Gasteiger partial charge on any atom is -0.378 e. The number of fused-ring (bicyclic) bond motifs is 1. The standard InChI is InChI=1S/C22H26N2O3/c1-2-26-20-10-19-18-11-23-9-8-17(18)21(20)22-24(19)16(14-27-22)13-25-12-15-6-4-3-5-7-15/h3-9,11,16,19-22H,2,10,12-14H2,1H3/t16-,19-,20-,21-,22+/m1/s1. The highest BCUT2D eigenvalue weighted by Crippen LogP contribution is 2.53. The van der Waals surface area contributed by atoms with E-state index in [4.69, 9.17) is 14.2 Å². The van der Waals surface area contributed by atoms with Crippen LogP contribution in [0.15, 0.2) is 48.8 Å². The summed E-state index contributed by atoms with van der Waals surface area (Å²) in [5.74, 6) is 0.257. The number of rotatable bonds is 6. The number of piperidine rings is 1. The second kappa shape index (κ2) is 7.32. The van der Waals surface area contributed by atoms with Gasteiger partial charge in [-0.3, -0.25) is 9.88 Å². The first-order chi connectivity index (χ1) is 13.4. The van der Waals surface area contributed by atoms with Crippen LogP contribution in [0.1, 0.15) is 42.0 Å². The Bertz CT molecular complexity index is 784. The third-order valence-electron chi connectivity index (χ3n) is 6.11. The minimum atomic E-state index is 0.0838. The zero-order valence-electron chi connectivity index (χ0n) is 15.7. The van der Waals surface area contributed by atoms with Crippen molar-refractivity contribution in [3.05, 3.63) is 65.5 Å². The van der Waals surface area contributed by atoms with Gasteiger partial charge in [0.25, 0.3) is 0 Å². The molecule has 0 unspecified atom stereocenters. The van der Waals surface area contributed by atoms with Crippen LogP contribution in [0.5, 0.6) is 0 Å². The number of ether oxygens (including phenoxy) is 3. The molecule has 142 valence electrons. The van der Waals surface area contributed by atoms with E-state index in [1.165, 1.54) is 16.7 Å². The van der Waals surface area contributed by atoms with Crippen LogP contribution in [0.4, 0.5) is 0 Å². The van der Waals surface area contributed by atoms with Gasteiger partial charge < -0.3 is 14.2 Å². The van der Waals surface area contributed by atoms with Crippen LogP contribution in [0.25, 0.3) is 0 Å². The fourth-order valence-electron chi connectivity index (χ4n) is 5.03. The van der Waals surface area contributed by atoms with Gasteiger partial charge in [-0.1, -0.05) is 30.3 Å². The van der Waals surface area contributed by atoms with Crippen molar-refractivity contribution in [2.24, 2.45) is 0 Å². The molecule has 6 rings (SSSR count). The van der Waals surface area contributed by atoms with Crippen molar-refractivity contribution >= 4 is 0 Å². The molecule has 2 bridgehead atoms. The summed E-state index contributed by atoms with van der Waals surface area (Å²) in [5.41, 5.74) is 3.90. The van der Waals surface area contributed by atoms with E-state index >= 15 is 0 Å². The molecule has 2 fully saturated rings. The number of hydrogen-bond donors (Lipinski definition) is 0. The molecule has 5 atom stereocenters. The van der Waals surface area contributed by atoms with Crippen LogP contribution in [-0.4, -0.2) is 48.1 Å². The Labute approximate surface area is 160 Å². The van der Waals surface area contributed by atoms with Crippen LogP contribution in [0.2, 0.25) is 0 Å². The molecular weight excluding hydrogens is 340 g/mol. The first-order valence-corrected chi connectivity index (χ1v) is 9.93. The van der Waals surface area contributed by atoms with E-state index in [0.717, 1.165) is 13.0 Å². The molecule has 1 aromatic heterocycles. The highest BCUT2D eigenvalue weighted by atomic mass is 16.5. The maximum absolute atomic E-state index is 6.29. The lowest BCUT2D eigenvalue weighted by molar-refractivity contribution is -0.127. The third-order valence-corrected chi connectivity index (χ3v) is 6.11. The highest BCUT2D eigenvalue weighted by molar-refractivity contribution is 5.39. The minimum absolute atomic E-state index is 0.0838. The van der Waals surface area contributed by atoms with Gasteiger partial charge in [0.15, 0.2) is 0 Å². The van der Waals surface area contributed by atoms with E-state index in [0.29, 0.717) is 25.9 Å². The van der Waals surface area contributed by atoms with Crippen molar-refractivity contribution < 1.29 is 14.2 Å². The molecule has 4 heterocycles. The van der Waals surface area contributed by atoms with Crippen molar-refractivity contribution in [2.75, 3.05) is 19.8 Å². The lowest BCUT2D eigenvalue weighted by atomic mass is 9.72. The SMILES string of the molecule is CCO[C@@H]1C[C@@H]2c3cnccc3[C@H]1[C@@H]1OC[C@@H](COCc3ccccc3)N21. The van der Waals surface area contributed by atoms with Gasteiger partial charge in [0, 0.05) is 25.0 Å². The Kier molecular flexibility index (Phi) is 4.70. The number of pyridine rings is 1. The van der Waals surface area contributed by atoms with Crippen molar-refractivity contribution in [1.29, 1.82) is 0 Å². The van der Waals surface area contributed by atoms with E-state index < -0.39 is 0 Å². The Hall–Kier alpha value is -1.79. The number of aromatic nitrogens is 1. The largest absolute Gasteiger partial charge is 0.378 e. The van der Waals surface area contributed by atoms with Gasteiger partial charge in [-0.05, 0) is 36.1 Å². The molecule has 4 aliphatic rings. The lowest BCUT2D eigenvalue weighted by Crippen LogP contribution is -2.56. The molecule has 0 radical (unpaired) electrons. The van der Waals surface area contributed by atoms with Crippen LogP contribution in [0.3, 0.4) is 0 Å². The smallest absolute Gasteiger partial charge is 0.121 e. The number of benzene rings is 1. The van der Waals surface area contributed by atoms with E-state index in [9.17, 15) is 0 Å². The summed E-state index contributed by atoms with van der Waals surface area (Å²) < 4.78 is 18.4. The van der Waals surface area contributed by atoms with E-state index in [2.05, 4.69) is 47.1 Å². The second-order valence-corrected chi connectivity index (χ2v) is 7.60. The van der Waals surface area contributed by atoms with Gasteiger partial charge >= 0.3 is 0 Å². The van der Waals surface area contributed by atoms with E-state index in [1.807, 2.05) is 18.5 Å². The Morgan fingerprint density at radius 3 is 2.93 bits per heavy atom. The summed E-state index contributed by atoms with van der Waals surface area (Å²) in [4.78, 5) is 6.91. The maximum Gasteiger partial charge on any atom is 0.121 e. The molecule has 1 aliphatic carbocycles. The molecule has 2 aromatic rings. The predicted octanol–water partition coefficient (Wildman–Crippen LogP) is 3.27. The Morgan fingerprint density at radius 2 is 2.07 bits per heavy atom. The van der Waals surface area contributed by atoms with Crippen LogP contribution in [0, 0.1) is 0 Å². The normalized spacial score (nSPS) is 31.7. The predicted molar refractivity (Wildman–Crippen MR) is 101 cm³/mol. The number of hydrogen-bond acceptors (Lipinski definition) is 5. The second-order valence-electron chi connectivity index (χ2n) is 7.60. The average Bonchev–Trinajstić information content (AvgIpc) is 3.14. The van der Waals surface area contributed by atoms with Crippen LogP contribution >= 0.6 is 0 Å². The third kappa shape index (κ3) is 2.99. The van der Waals surface area contributed by atoms with Gasteiger partial charge in [-0.15, -0.1) is 0 Å². The van der Waals surface area contributed by atoms with Crippen molar-refractivity contribution in [3.63, 3.8) is 0 Å². The molecule has 0 amide bonds. The summed E-state index contributed by atoms with van der Waals surface area (Å²) in [6.45, 7) is 4.85. The topological polar surface area (TPSA) is 43.8 Å². The molecule has 5 heteroatoms. The molecule has 0 N–H and O–H groups in total. The fraction of sp³-hybridized carbons (Fsp3) is 0.500. The number of nitrogens with zero attached hydrogens (tertiary/aromatic N) is 2. The maximum atomic E-state index is 6.29. The zero-order chi connectivity index (χ0) is 18.2. The van der Waals surface area contributed by atoms with E-state index in [-0.39, 0.29) is 24.3 Å². The fourth-order valence-corrected chi connectivity index (χ4v) is 5.03. The van der Waals surface area contributed by atoms with Crippen molar-refractivity contribution in [2.45, 2.75) is 50.3 Å². The first-order valence-electron chi connectivity index (χ1n) is 9.93. The van der Waals surface area contributed by atoms with Crippen LogP contribution in [-0.2, 0) is 20.8 Å². The quantitative estimate of drug-likeness (QED) is 0.785. The summed E-state index contributed by atoms with van der Waals surface area (Å²) >= 11 is 0. The first kappa shape index (κ1) is 17.3. The van der Waals surface area contributed by atoms with E-state index in [1.54, 1.807) is 0 Å². The summed E-state index contributed by atoms with van der Waals surface area (Å²) in [7, 11) is 0. The lowest BCUT2D eigenvalue weighted by Gasteiger charge is -2.52. The Balaban J connectivity index is 1.34. The monoisotopic (exact) mass is 366 g/mol. The molecular formula is C22H26N2O3. The van der Waals surface area contributed by atoms with Gasteiger partial charge in [0.2, 0.25) is 0 Å².